The van der Waals surface area contributed by atoms with Crippen LogP contribution in [0.4, 0.5) is 5.69 Å². The number of hydrogen-bond acceptors (Lipinski definition) is 3. The van der Waals surface area contributed by atoms with Gasteiger partial charge in [0.05, 0.1) is 7.11 Å². The molecule has 1 unspecified atom stereocenters. The van der Waals surface area contributed by atoms with E-state index < -0.39 is 6.04 Å². The van der Waals surface area contributed by atoms with Crippen molar-refractivity contribution in [3.8, 4) is 0 Å². The summed E-state index contributed by atoms with van der Waals surface area (Å²) in [5.74, 6) is -0.325. The number of rotatable bonds is 4. The van der Waals surface area contributed by atoms with Crippen molar-refractivity contribution in [1.82, 2.24) is 0 Å². The molecule has 0 aliphatic rings. The average Bonchev–Trinajstić information content (AvgIpc) is 2.49. The van der Waals surface area contributed by atoms with Gasteiger partial charge in [-0.3, -0.25) is 0 Å². The standard InChI is InChI=1S/C16H15Br2NO2/c1-10-3-4-11(9-14(10)18)15(16(20)21-2)19-13-7-5-12(17)6-8-13/h3-9,15,19H,1-2H3. The first kappa shape index (κ1) is 16.0. The van der Waals surface area contributed by atoms with Crippen LogP contribution in [0.15, 0.2) is 51.4 Å². The van der Waals surface area contributed by atoms with Crippen LogP contribution in [0.3, 0.4) is 0 Å². The van der Waals surface area contributed by atoms with Gasteiger partial charge >= 0.3 is 5.97 Å². The first-order chi connectivity index (χ1) is 10.0. The molecule has 0 aromatic heterocycles. The second kappa shape index (κ2) is 7.09. The molecule has 110 valence electrons. The molecule has 0 aliphatic carbocycles. The van der Waals surface area contributed by atoms with Crippen LogP contribution in [0.2, 0.25) is 0 Å². The molecular formula is C16H15Br2NO2. The Balaban J connectivity index is 2.31. The SMILES string of the molecule is COC(=O)C(Nc1ccc(Br)cc1)c1ccc(C)c(Br)c1. The van der Waals surface area contributed by atoms with Crippen molar-refractivity contribution >= 4 is 43.5 Å². The van der Waals surface area contributed by atoms with Crippen LogP contribution in [-0.4, -0.2) is 13.1 Å². The Morgan fingerprint density at radius 2 is 1.81 bits per heavy atom. The van der Waals surface area contributed by atoms with Gasteiger partial charge in [-0.05, 0) is 48.4 Å². The van der Waals surface area contributed by atoms with E-state index in [1.807, 2.05) is 49.4 Å². The first-order valence-corrected chi connectivity index (χ1v) is 7.96. The Bertz CT molecular complexity index is 641. The van der Waals surface area contributed by atoms with E-state index in [4.69, 9.17) is 4.74 Å². The number of halogens is 2. The van der Waals surface area contributed by atoms with Crippen molar-refractivity contribution < 1.29 is 9.53 Å². The third kappa shape index (κ3) is 4.08. The summed E-state index contributed by atoms with van der Waals surface area (Å²) in [6, 6.07) is 12.9. The number of methoxy groups -OCH3 is 1. The van der Waals surface area contributed by atoms with E-state index in [0.29, 0.717) is 0 Å². The Hall–Kier alpha value is -1.33. The number of nitrogens with one attached hydrogen (secondary N) is 1. The second-order valence-corrected chi connectivity index (χ2v) is 6.39. The maximum Gasteiger partial charge on any atom is 0.332 e. The third-order valence-electron chi connectivity index (χ3n) is 3.12. The van der Waals surface area contributed by atoms with Gasteiger partial charge in [-0.15, -0.1) is 0 Å². The first-order valence-electron chi connectivity index (χ1n) is 6.37. The molecule has 0 saturated carbocycles. The highest BCUT2D eigenvalue weighted by molar-refractivity contribution is 9.10. The van der Waals surface area contributed by atoms with Gasteiger partial charge in [0, 0.05) is 14.6 Å². The van der Waals surface area contributed by atoms with Gasteiger partial charge in [0.15, 0.2) is 6.04 Å². The largest absolute Gasteiger partial charge is 0.467 e. The number of hydrogen-bond donors (Lipinski definition) is 1. The summed E-state index contributed by atoms with van der Waals surface area (Å²) in [4.78, 5) is 12.1. The molecule has 0 radical (unpaired) electrons. The molecule has 1 N–H and O–H groups in total. The smallest absolute Gasteiger partial charge is 0.332 e. The molecule has 2 aromatic rings. The van der Waals surface area contributed by atoms with Crippen molar-refractivity contribution in [2.75, 3.05) is 12.4 Å². The molecule has 5 heteroatoms. The lowest BCUT2D eigenvalue weighted by atomic mass is 10.0. The fraction of sp³-hybridized carbons (Fsp3) is 0.188. The normalized spacial score (nSPS) is 11.8. The van der Waals surface area contributed by atoms with E-state index in [0.717, 1.165) is 25.8 Å². The quantitative estimate of drug-likeness (QED) is 0.729. The van der Waals surface area contributed by atoms with E-state index in [1.165, 1.54) is 7.11 Å². The van der Waals surface area contributed by atoms with E-state index in [1.54, 1.807) is 0 Å². The highest BCUT2D eigenvalue weighted by Gasteiger charge is 2.21. The number of esters is 1. The summed E-state index contributed by atoms with van der Waals surface area (Å²) in [5, 5.41) is 3.20. The zero-order valence-corrected chi connectivity index (χ0v) is 14.9. The van der Waals surface area contributed by atoms with Gasteiger partial charge in [0.2, 0.25) is 0 Å². The Labute approximate surface area is 141 Å². The van der Waals surface area contributed by atoms with E-state index in [-0.39, 0.29) is 5.97 Å². The lowest BCUT2D eigenvalue weighted by molar-refractivity contribution is -0.141. The van der Waals surface area contributed by atoms with E-state index in [2.05, 4.69) is 37.2 Å². The minimum Gasteiger partial charge on any atom is -0.467 e. The molecule has 21 heavy (non-hydrogen) atoms. The number of anilines is 1. The molecule has 0 bridgehead atoms. The predicted octanol–water partition coefficient (Wildman–Crippen LogP) is 4.85. The predicted molar refractivity (Wildman–Crippen MR) is 91.4 cm³/mol. The molecule has 2 rings (SSSR count). The van der Waals surface area contributed by atoms with Gasteiger partial charge in [-0.25, -0.2) is 4.79 Å². The van der Waals surface area contributed by atoms with Crippen molar-refractivity contribution in [3.05, 3.63) is 62.5 Å². The summed E-state index contributed by atoms with van der Waals surface area (Å²) in [6.45, 7) is 2.00. The number of carbonyl (C=O) groups is 1. The maximum atomic E-state index is 12.1. The summed E-state index contributed by atoms with van der Waals surface area (Å²) >= 11 is 6.89. The molecule has 1 atom stereocenters. The molecule has 0 aliphatic heterocycles. The molecule has 0 fully saturated rings. The topological polar surface area (TPSA) is 38.3 Å². The van der Waals surface area contributed by atoms with Crippen LogP contribution < -0.4 is 5.32 Å². The minimum atomic E-state index is -0.548. The van der Waals surface area contributed by atoms with E-state index >= 15 is 0 Å². The zero-order valence-electron chi connectivity index (χ0n) is 11.7. The lowest BCUT2D eigenvalue weighted by Crippen LogP contribution is -2.22. The molecule has 3 nitrogen and oxygen atoms in total. The minimum absolute atomic E-state index is 0.325. The van der Waals surface area contributed by atoms with Crippen LogP contribution in [0.1, 0.15) is 17.2 Å². The van der Waals surface area contributed by atoms with Crippen molar-refractivity contribution in [2.24, 2.45) is 0 Å². The monoisotopic (exact) mass is 411 g/mol. The summed E-state index contributed by atoms with van der Waals surface area (Å²) < 4.78 is 6.86. The average molecular weight is 413 g/mol. The molecular weight excluding hydrogens is 398 g/mol. The molecule has 0 amide bonds. The van der Waals surface area contributed by atoms with Gasteiger partial charge in [-0.1, -0.05) is 44.0 Å². The molecule has 0 spiro atoms. The zero-order chi connectivity index (χ0) is 15.4. The summed E-state index contributed by atoms with van der Waals surface area (Å²) in [5.41, 5.74) is 2.82. The Morgan fingerprint density at radius 1 is 1.14 bits per heavy atom. The highest BCUT2D eigenvalue weighted by atomic mass is 79.9. The van der Waals surface area contributed by atoms with Crippen molar-refractivity contribution in [2.45, 2.75) is 13.0 Å². The van der Waals surface area contributed by atoms with Crippen molar-refractivity contribution in [1.29, 1.82) is 0 Å². The van der Waals surface area contributed by atoms with Gasteiger partial charge in [0.25, 0.3) is 0 Å². The highest BCUT2D eigenvalue weighted by Crippen LogP contribution is 2.26. The molecule has 0 saturated heterocycles. The number of ether oxygens (including phenoxy) is 1. The van der Waals surface area contributed by atoms with Crippen LogP contribution in [0.5, 0.6) is 0 Å². The van der Waals surface area contributed by atoms with E-state index in [9.17, 15) is 4.79 Å². The van der Waals surface area contributed by atoms with Gasteiger partial charge in [-0.2, -0.15) is 0 Å². The fourth-order valence-electron chi connectivity index (χ4n) is 1.90. The Kier molecular flexibility index (Phi) is 5.42. The van der Waals surface area contributed by atoms with Crippen LogP contribution in [0, 0.1) is 6.92 Å². The van der Waals surface area contributed by atoms with Crippen molar-refractivity contribution in [3.63, 3.8) is 0 Å². The fourth-order valence-corrected chi connectivity index (χ4v) is 2.56. The summed E-state index contributed by atoms with van der Waals surface area (Å²) in [7, 11) is 1.39. The second-order valence-electron chi connectivity index (χ2n) is 4.62. The summed E-state index contributed by atoms with van der Waals surface area (Å²) in [6.07, 6.45) is 0. The van der Waals surface area contributed by atoms with Crippen LogP contribution in [-0.2, 0) is 9.53 Å². The number of carbonyl (C=O) groups excluding carboxylic acids is 1. The van der Waals surface area contributed by atoms with Crippen LogP contribution in [0.25, 0.3) is 0 Å². The van der Waals surface area contributed by atoms with Gasteiger partial charge < -0.3 is 10.1 Å². The Morgan fingerprint density at radius 3 is 2.38 bits per heavy atom. The third-order valence-corrected chi connectivity index (χ3v) is 4.50. The van der Waals surface area contributed by atoms with Crippen LogP contribution >= 0.6 is 31.9 Å². The van der Waals surface area contributed by atoms with Gasteiger partial charge in [0.1, 0.15) is 0 Å². The molecule has 2 aromatic carbocycles. The molecule has 0 heterocycles. The number of aryl methyl sites for hydroxylation is 1. The number of benzene rings is 2. The lowest BCUT2D eigenvalue weighted by Gasteiger charge is -2.19. The maximum absolute atomic E-state index is 12.1.